The van der Waals surface area contributed by atoms with Crippen molar-refractivity contribution >= 4 is 5.78 Å². The maximum Gasteiger partial charge on any atom is 0.144 e. The highest BCUT2D eigenvalue weighted by Gasteiger charge is 2.45. The van der Waals surface area contributed by atoms with E-state index in [-0.39, 0.29) is 22.9 Å². The van der Waals surface area contributed by atoms with Crippen molar-refractivity contribution in [2.75, 3.05) is 0 Å². The summed E-state index contributed by atoms with van der Waals surface area (Å²) in [4.78, 5) is 11.9. The molecule has 0 aromatic heterocycles. The van der Waals surface area contributed by atoms with Gasteiger partial charge in [0, 0.05) is 6.42 Å². The highest BCUT2D eigenvalue weighted by atomic mass is 16.5. The van der Waals surface area contributed by atoms with Gasteiger partial charge in [-0.25, -0.2) is 0 Å². The van der Waals surface area contributed by atoms with Crippen molar-refractivity contribution in [3.8, 4) is 0 Å². The van der Waals surface area contributed by atoms with E-state index in [9.17, 15) is 4.79 Å². The molecule has 0 N–H and O–H groups in total. The Kier molecular flexibility index (Phi) is 2.86. The molecule has 0 radical (unpaired) electrons. The molecule has 1 heterocycles. The third kappa shape index (κ3) is 2.06. The molecule has 0 spiro atoms. The smallest absolute Gasteiger partial charge is 0.144 e. The number of rotatable bonds is 1. The lowest BCUT2D eigenvalue weighted by molar-refractivity contribution is -0.167. The fourth-order valence-electron chi connectivity index (χ4n) is 1.76. The molecule has 1 fully saturated rings. The Morgan fingerprint density at radius 3 is 2.43 bits per heavy atom. The normalized spacial score (nSPS) is 30.9. The largest absolute Gasteiger partial charge is 0.367 e. The van der Waals surface area contributed by atoms with Gasteiger partial charge in [0.05, 0.1) is 17.1 Å². The first kappa shape index (κ1) is 11.4. The van der Waals surface area contributed by atoms with Crippen LogP contribution < -0.4 is 0 Å². The number of allylic oxidation sites excluding steroid dienone is 1. The van der Waals surface area contributed by atoms with E-state index in [0.717, 1.165) is 0 Å². The standard InChI is InChI=1S/C12H20O2/c1-6-7-10-12(4,5)9(13)8-11(2,3)14-10/h6-7,10H,8H2,1-5H3/b7-6+/t10-/m0/s1. The van der Waals surface area contributed by atoms with Gasteiger partial charge in [-0.15, -0.1) is 0 Å². The molecule has 1 atom stereocenters. The summed E-state index contributed by atoms with van der Waals surface area (Å²) in [6, 6.07) is 0. The molecule has 0 bridgehead atoms. The molecule has 1 aliphatic rings. The molecule has 2 nitrogen and oxygen atoms in total. The summed E-state index contributed by atoms with van der Waals surface area (Å²) in [5.74, 6) is 0.289. The lowest BCUT2D eigenvalue weighted by atomic mass is 9.75. The van der Waals surface area contributed by atoms with Crippen LogP contribution in [0.3, 0.4) is 0 Å². The van der Waals surface area contributed by atoms with Gasteiger partial charge in [0.15, 0.2) is 0 Å². The van der Waals surface area contributed by atoms with Crippen LogP contribution in [0.1, 0.15) is 41.0 Å². The van der Waals surface area contributed by atoms with Gasteiger partial charge in [0.1, 0.15) is 5.78 Å². The topological polar surface area (TPSA) is 26.3 Å². The number of ether oxygens (including phenoxy) is 1. The van der Waals surface area contributed by atoms with E-state index in [1.165, 1.54) is 0 Å². The summed E-state index contributed by atoms with van der Waals surface area (Å²) < 4.78 is 5.89. The summed E-state index contributed by atoms with van der Waals surface area (Å²) in [6.45, 7) is 9.79. The zero-order valence-electron chi connectivity index (χ0n) is 9.76. The van der Waals surface area contributed by atoms with E-state index in [2.05, 4.69) is 0 Å². The number of carbonyl (C=O) groups is 1. The summed E-state index contributed by atoms with van der Waals surface area (Å²) >= 11 is 0. The monoisotopic (exact) mass is 196 g/mol. The molecule has 0 amide bonds. The zero-order chi connectivity index (χ0) is 11.0. The zero-order valence-corrected chi connectivity index (χ0v) is 9.76. The Labute approximate surface area is 86.3 Å². The van der Waals surface area contributed by atoms with Crippen molar-refractivity contribution in [1.82, 2.24) is 0 Å². The highest BCUT2D eigenvalue weighted by Crippen LogP contribution is 2.38. The van der Waals surface area contributed by atoms with Crippen LogP contribution in [0.2, 0.25) is 0 Å². The second-order valence-electron chi connectivity index (χ2n) is 5.15. The molecule has 0 unspecified atom stereocenters. The Bertz CT molecular complexity index is 261. The summed E-state index contributed by atoms with van der Waals surface area (Å²) in [5.41, 5.74) is -0.710. The van der Waals surface area contributed by atoms with Crippen LogP contribution in [0, 0.1) is 5.41 Å². The van der Waals surface area contributed by atoms with Crippen molar-refractivity contribution < 1.29 is 9.53 Å². The van der Waals surface area contributed by atoms with Gasteiger partial charge >= 0.3 is 0 Å². The Morgan fingerprint density at radius 1 is 1.36 bits per heavy atom. The van der Waals surface area contributed by atoms with Crippen LogP contribution in [0.25, 0.3) is 0 Å². The van der Waals surface area contributed by atoms with E-state index in [1.807, 2.05) is 46.8 Å². The minimum Gasteiger partial charge on any atom is -0.367 e. The predicted octanol–water partition coefficient (Wildman–Crippen LogP) is 2.73. The molecule has 0 aromatic carbocycles. The maximum absolute atomic E-state index is 11.9. The quantitative estimate of drug-likeness (QED) is 0.603. The molecular weight excluding hydrogens is 176 g/mol. The molecule has 1 saturated heterocycles. The average Bonchev–Trinajstić information content (AvgIpc) is 2.00. The van der Waals surface area contributed by atoms with E-state index >= 15 is 0 Å². The van der Waals surface area contributed by atoms with Crippen molar-refractivity contribution in [2.24, 2.45) is 5.41 Å². The predicted molar refractivity (Wildman–Crippen MR) is 57.2 cm³/mol. The molecule has 80 valence electrons. The van der Waals surface area contributed by atoms with Crippen LogP contribution in [0.4, 0.5) is 0 Å². The average molecular weight is 196 g/mol. The summed E-state index contributed by atoms with van der Waals surface area (Å²) in [6.07, 6.45) is 4.33. The van der Waals surface area contributed by atoms with Gasteiger partial charge in [-0.1, -0.05) is 26.0 Å². The molecule has 0 saturated carbocycles. The molecule has 0 aliphatic carbocycles. The summed E-state index contributed by atoms with van der Waals surface area (Å²) in [5, 5.41) is 0. The summed E-state index contributed by atoms with van der Waals surface area (Å²) in [7, 11) is 0. The van der Waals surface area contributed by atoms with Crippen molar-refractivity contribution in [2.45, 2.75) is 52.7 Å². The van der Waals surface area contributed by atoms with Crippen LogP contribution in [0.15, 0.2) is 12.2 Å². The van der Waals surface area contributed by atoms with E-state index < -0.39 is 0 Å². The van der Waals surface area contributed by atoms with Crippen molar-refractivity contribution in [3.05, 3.63) is 12.2 Å². The molecule has 1 aliphatic heterocycles. The van der Waals surface area contributed by atoms with Crippen LogP contribution in [0.5, 0.6) is 0 Å². The van der Waals surface area contributed by atoms with Crippen molar-refractivity contribution in [1.29, 1.82) is 0 Å². The van der Waals surface area contributed by atoms with E-state index in [4.69, 9.17) is 4.74 Å². The number of ketones is 1. The second-order valence-corrected chi connectivity index (χ2v) is 5.15. The Balaban J connectivity index is 2.95. The highest BCUT2D eigenvalue weighted by molar-refractivity contribution is 5.86. The number of carbonyl (C=O) groups excluding carboxylic acids is 1. The first-order valence-corrected chi connectivity index (χ1v) is 5.13. The second kappa shape index (κ2) is 3.50. The number of hydrogen-bond acceptors (Lipinski definition) is 2. The SMILES string of the molecule is C/C=C/[C@@H]1OC(C)(C)CC(=O)C1(C)C. The molecule has 2 heteroatoms. The molecule has 14 heavy (non-hydrogen) atoms. The lowest BCUT2D eigenvalue weighted by Crippen LogP contribution is -2.50. The van der Waals surface area contributed by atoms with E-state index in [1.54, 1.807) is 0 Å². The van der Waals surface area contributed by atoms with E-state index in [0.29, 0.717) is 6.42 Å². The van der Waals surface area contributed by atoms with Crippen LogP contribution >= 0.6 is 0 Å². The first-order chi connectivity index (χ1) is 6.29. The van der Waals surface area contributed by atoms with Gasteiger partial charge in [-0.2, -0.15) is 0 Å². The van der Waals surface area contributed by atoms with Crippen molar-refractivity contribution in [3.63, 3.8) is 0 Å². The van der Waals surface area contributed by atoms with Gasteiger partial charge in [-0.05, 0) is 20.8 Å². The fourth-order valence-corrected chi connectivity index (χ4v) is 1.76. The van der Waals surface area contributed by atoms with Crippen LogP contribution in [-0.2, 0) is 9.53 Å². The van der Waals surface area contributed by atoms with Gasteiger partial charge in [-0.3, -0.25) is 4.79 Å². The van der Waals surface area contributed by atoms with Gasteiger partial charge in [0.2, 0.25) is 0 Å². The Morgan fingerprint density at radius 2 is 1.93 bits per heavy atom. The Hall–Kier alpha value is -0.630. The molecule has 0 aromatic rings. The minimum absolute atomic E-state index is 0.0938. The third-order valence-corrected chi connectivity index (χ3v) is 2.83. The van der Waals surface area contributed by atoms with Gasteiger partial charge < -0.3 is 4.74 Å². The van der Waals surface area contributed by atoms with Gasteiger partial charge in [0.25, 0.3) is 0 Å². The van der Waals surface area contributed by atoms with Crippen LogP contribution in [-0.4, -0.2) is 17.5 Å². The number of hydrogen-bond donors (Lipinski definition) is 0. The molecule has 1 rings (SSSR count). The first-order valence-electron chi connectivity index (χ1n) is 5.13. The minimum atomic E-state index is -0.387. The molecular formula is C12H20O2. The fraction of sp³-hybridized carbons (Fsp3) is 0.750. The maximum atomic E-state index is 11.9. The lowest BCUT2D eigenvalue weighted by Gasteiger charge is -2.43. The number of Topliss-reactive ketones (excluding diaryl/α,β-unsaturated/α-hetero) is 1. The third-order valence-electron chi connectivity index (χ3n) is 2.83.